The molecule has 0 aliphatic carbocycles. The molecule has 1 aromatic heterocycles. The Morgan fingerprint density at radius 3 is 2.63 bits per heavy atom. The molecular formula is C14H14BrN3O. The van der Waals surface area contributed by atoms with Crippen LogP contribution in [0.25, 0.3) is 0 Å². The van der Waals surface area contributed by atoms with Gasteiger partial charge in [0.2, 0.25) is 0 Å². The van der Waals surface area contributed by atoms with Gasteiger partial charge < -0.3 is 0 Å². The van der Waals surface area contributed by atoms with E-state index in [4.69, 9.17) is 5.84 Å². The minimum Gasteiger partial charge on any atom is -0.290 e. The summed E-state index contributed by atoms with van der Waals surface area (Å²) in [7, 11) is 0. The molecular weight excluding hydrogens is 306 g/mol. The maximum atomic E-state index is 11.7. The van der Waals surface area contributed by atoms with E-state index in [1.54, 1.807) is 18.5 Å². The van der Waals surface area contributed by atoms with Gasteiger partial charge in [-0.15, -0.1) is 0 Å². The Labute approximate surface area is 120 Å². The van der Waals surface area contributed by atoms with Gasteiger partial charge in [-0.1, -0.05) is 22.0 Å². The highest BCUT2D eigenvalue weighted by molar-refractivity contribution is 9.10. The fourth-order valence-electron chi connectivity index (χ4n) is 1.88. The normalized spacial score (nSPS) is 10.2. The summed E-state index contributed by atoms with van der Waals surface area (Å²) in [4.78, 5) is 15.7. The SMILES string of the molecule is NNC(=O)c1cc(Br)ccc1CCc1ccncc1. The van der Waals surface area contributed by atoms with E-state index in [-0.39, 0.29) is 5.91 Å². The highest BCUT2D eigenvalue weighted by Crippen LogP contribution is 2.18. The van der Waals surface area contributed by atoms with E-state index in [0.29, 0.717) is 5.56 Å². The summed E-state index contributed by atoms with van der Waals surface area (Å²) in [5, 5.41) is 0. The van der Waals surface area contributed by atoms with Crippen LogP contribution in [0.2, 0.25) is 0 Å². The number of pyridine rings is 1. The number of nitrogens with two attached hydrogens (primary N) is 1. The minimum atomic E-state index is -0.272. The van der Waals surface area contributed by atoms with Crippen LogP contribution in [0.1, 0.15) is 21.5 Å². The largest absolute Gasteiger partial charge is 0.290 e. The summed E-state index contributed by atoms with van der Waals surface area (Å²) in [6.45, 7) is 0. The fourth-order valence-corrected chi connectivity index (χ4v) is 2.25. The molecule has 19 heavy (non-hydrogen) atoms. The number of nitrogen functional groups attached to an aromatic ring is 1. The van der Waals surface area contributed by atoms with Crippen molar-refractivity contribution in [2.75, 3.05) is 0 Å². The second kappa shape index (κ2) is 6.45. The molecule has 0 spiro atoms. The van der Waals surface area contributed by atoms with Gasteiger partial charge in [0.1, 0.15) is 0 Å². The van der Waals surface area contributed by atoms with E-state index in [2.05, 4.69) is 26.3 Å². The van der Waals surface area contributed by atoms with Crippen molar-refractivity contribution in [2.45, 2.75) is 12.8 Å². The Morgan fingerprint density at radius 1 is 1.21 bits per heavy atom. The number of nitrogens with one attached hydrogen (secondary N) is 1. The van der Waals surface area contributed by atoms with Crippen LogP contribution in [0.15, 0.2) is 47.2 Å². The molecule has 1 heterocycles. The Bertz CT molecular complexity index is 572. The van der Waals surface area contributed by atoms with Crippen LogP contribution in [0.3, 0.4) is 0 Å². The Kier molecular flexibility index (Phi) is 4.65. The van der Waals surface area contributed by atoms with Crippen molar-refractivity contribution in [2.24, 2.45) is 5.84 Å². The molecule has 3 N–H and O–H groups in total. The maximum Gasteiger partial charge on any atom is 0.265 e. The molecule has 5 heteroatoms. The van der Waals surface area contributed by atoms with E-state index in [0.717, 1.165) is 22.9 Å². The average Bonchev–Trinajstić information content (AvgIpc) is 2.46. The first-order valence-electron chi connectivity index (χ1n) is 5.89. The number of hydrazine groups is 1. The molecule has 0 atom stereocenters. The topological polar surface area (TPSA) is 68.0 Å². The molecule has 0 unspecified atom stereocenters. The Balaban J connectivity index is 2.18. The number of carbonyl (C=O) groups is 1. The zero-order valence-electron chi connectivity index (χ0n) is 10.3. The number of amides is 1. The van der Waals surface area contributed by atoms with Gasteiger partial charge in [0.05, 0.1) is 0 Å². The van der Waals surface area contributed by atoms with Crippen molar-refractivity contribution in [1.29, 1.82) is 0 Å². The summed E-state index contributed by atoms with van der Waals surface area (Å²) in [6.07, 6.45) is 5.17. The van der Waals surface area contributed by atoms with Crippen molar-refractivity contribution < 1.29 is 4.79 Å². The van der Waals surface area contributed by atoms with Crippen LogP contribution in [0, 0.1) is 0 Å². The van der Waals surface area contributed by atoms with E-state index in [1.165, 1.54) is 5.56 Å². The lowest BCUT2D eigenvalue weighted by Gasteiger charge is -2.09. The van der Waals surface area contributed by atoms with Gasteiger partial charge in [-0.2, -0.15) is 0 Å². The molecule has 2 rings (SSSR count). The van der Waals surface area contributed by atoms with Crippen LogP contribution >= 0.6 is 15.9 Å². The summed E-state index contributed by atoms with van der Waals surface area (Å²) >= 11 is 3.36. The predicted molar refractivity (Wildman–Crippen MR) is 77.4 cm³/mol. The van der Waals surface area contributed by atoms with Crippen LogP contribution < -0.4 is 11.3 Å². The van der Waals surface area contributed by atoms with Gasteiger partial charge in [0, 0.05) is 22.4 Å². The molecule has 0 saturated heterocycles. The summed E-state index contributed by atoms with van der Waals surface area (Å²) in [5.74, 6) is 4.93. The third-order valence-electron chi connectivity index (χ3n) is 2.88. The number of aromatic nitrogens is 1. The van der Waals surface area contributed by atoms with Gasteiger partial charge in [-0.05, 0) is 48.2 Å². The van der Waals surface area contributed by atoms with Crippen molar-refractivity contribution in [1.82, 2.24) is 10.4 Å². The van der Waals surface area contributed by atoms with Crippen LogP contribution in [-0.2, 0) is 12.8 Å². The molecule has 4 nitrogen and oxygen atoms in total. The number of halogens is 1. The molecule has 1 amide bonds. The lowest BCUT2D eigenvalue weighted by molar-refractivity contribution is 0.0952. The zero-order chi connectivity index (χ0) is 13.7. The van der Waals surface area contributed by atoms with Crippen molar-refractivity contribution >= 4 is 21.8 Å². The van der Waals surface area contributed by atoms with E-state index in [9.17, 15) is 4.79 Å². The van der Waals surface area contributed by atoms with Crippen LogP contribution in [0.4, 0.5) is 0 Å². The van der Waals surface area contributed by atoms with E-state index in [1.807, 2.05) is 24.3 Å². The summed E-state index contributed by atoms with van der Waals surface area (Å²) < 4.78 is 0.860. The number of hydrogen-bond acceptors (Lipinski definition) is 3. The minimum absolute atomic E-state index is 0.272. The highest BCUT2D eigenvalue weighted by atomic mass is 79.9. The van der Waals surface area contributed by atoms with Crippen LogP contribution in [0.5, 0.6) is 0 Å². The maximum absolute atomic E-state index is 11.7. The van der Waals surface area contributed by atoms with Gasteiger partial charge in [-0.25, -0.2) is 5.84 Å². The number of rotatable bonds is 4. The number of aryl methyl sites for hydroxylation is 2. The molecule has 98 valence electrons. The van der Waals surface area contributed by atoms with Gasteiger partial charge in [-0.3, -0.25) is 15.2 Å². The van der Waals surface area contributed by atoms with Crippen LogP contribution in [-0.4, -0.2) is 10.9 Å². The molecule has 1 aromatic carbocycles. The van der Waals surface area contributed by atoms with Gasteiger partial charge >= 0.3 is 0 Å². The molecule has 0 fully saturated rings. The molecule has 0 bridgehead atoms. The monoisotopic (exact) mass is 319 g/mol. The highest BCUT2D eigenvalue weighted by Gasteiger charge is 2.10. The van der Waals surface area contributed by atoms with Crippen molar-refractivity contribution in [3.63, 3.8) is 0 Å². The molecule has 2 aromatic rings. The smallest absolute Gasteiger partial charge is 0.265 e. The van der Waals surface area contributed by atoms with Gasteiger partial charge in [0.25, 0.3) is 5.91 Å². The van der Waals surface area contributed by atoms with Crippen molar-refractivity contribution in [3.8, 4) is 0 Å². The lowest BCUT2D eigenvalue weighted by atomic mass is 10.00. The third-order valence-corrected chi connectivity index (χ3v) is 3.37. The van der Waals surface area contributed by atoms with Gasteiger partial charge in [0.15, 0.2) is 0 Å². The first-order chi connectivity index (χ1) is 9.20. The summed E-state index contributed by atoms with van der Waals surface area (Å²) in [6, 6.07) is 9.60. The molecule has 0 aliphatic heterocycles. The predicted octanol–water partition coefficient (Wildman–Crippen LogP) is 2.23. The fraction of sp³-hybridized carbons (Fsp3) is 0.143. The van der Waals surface area contributed by atoms with E-state index >= 15 is 0 Å². The zero-order valence-corrected chi connectivity index (χ0v) is 11.9. The molecule has 0 radical (unpaired) electrons. The number of benzene rings is 1. The van der Waals surface area contributed by atoms with E-state index < -0.39 is 0 Å². The third kappa shape index (κ3) is 3.62. The first-order valence-corrected chi connectivity index (χ1v) is 6.68. The average molecular weight is 320 g/mol. The lowest BCUT2D eigenvalue weighted by Crippen LogP contribution is -2.30. The van der Waals surface area contributed by atoms with Crippen molar-refractivity contribution in [3.05, 3.63) is 63.9 Å². The second-order valence-electron chi connectivity index (χ2n) is 4.13. The molecule has 0 aliphatic rings. The number of nitrogens with zero attached hydrogens (tertiary/aromatic N) is 1. The number of carbonyl (C=O) groups excluding carboxylic acids is 1. The quantitative estimate of drug-likeness (QED) is 0.516. The molecule has 0 saturated carbocycles. The Hall–Kier alpha value is -1.72. The summed E-state index contributed by atoms with van der Waals surface area (Å²) in [5.41, 5.74) is 4.95. The number of hydrogen-bond donors (Lipinski definition) is 2. The Morgan fingerprint density at radius 2 is 1.95 bits per heavy atom. The first kappa shape index (κ1) is 13.7. The standard InChI is InChI=1S/C14H14BrN3O/c15-12-4-3-11(13(9-12)14(19)18-16)2-1-10-5-7-17-8-6-10/h3-9H,1-2,16H2,(H,18,19). The second-order valence-corrected chi connectivity index (χ2v) is 5.05.